The van der Waals surface area contributed by atoms with Crippen molar-refractivity contribution < 1.29 is 4.79 Å². The van der Waals surface area contributed by atoms with Crippen LogP contribution in [-0.2, 0) is 11.2 Å². The second-order valence-corrected chi connectivity index (χ2v) is 8.86. The molecular weight excluding hydrogens is 328 g/mol. The number of aryl methyl sites for hydroxylation is 1. The molecule has 136 valence electrons. The Kier molecular flexibility index (Phi) is 6.10. The van der Waals surface area contributed by atoms with Crippen molar-refractivity contribution in [2.24, 2.45) is 5.92 Å². The minimum absolute atomic E-state index is 0.167. The third-order valence-corrected chi connectivity index (χ3v) is 6.51. The minimum atomic E-state index is 0.167. The number of nitrogens with one attached hydrogen (secondary N) is 1. The van der Waals surface area contributed by atoms with E-state index in [4.69, 9.17) is 4.98 Å². The molecule has 0 bridgehead atoms. The van der Waals surface area contributed by atoms with E-state index in [0.29, 0.717) is 24.3 Å². The molecule has 25 heavy (non-hydrogen) atoms. The third kappa shape index (κ3) is 4.81. The highest BCUT2D eigenvalue weighted by Crippen LogP contribution is 2.28. The standard InChI is InChI=1S/C21H30N2OS/c1-14(2)17-9-10-18-19(13-17)25-21(23-18)12-11-20(24)22-15(3)16-7-5-4-6-8-16/h9-10,13-16H,4-8,11-12H2,1-3H3,(H,22,24). The lowest BCUT2D eigenvalue weighted by Crippen LogP contribution is -2.38. The molecule has 1 aromatic heterocycles. The van der Waals surface area contributed by atoms with Crippen LogP contribution >= 0.6 is 11.3 Å². The van der Waals surface area contributed by atoms with Gasteiger partial charge in [0.25, 0.3) is 0 Å². The molecule has 4 heteroatoms. The van der Waals surface area contributed by atoms with Crippen LogP contribution in [0.2, 0.25) is 0 Å². The van der Waals surface area contributed by atoms with E-state index in [-0.39, 0.29) is 5.91 Å². The smallest absolute Gasteiger partial charge is 0.220 e. The lowest BCUT2D eigenvalue weighted by Gasteiger charge is -2.28. The van der Waals surface area contributed by atoms with E-state index >= 15 is 0 Å². The summed E-state index contributed by atoms with van der Waals surface area (Å²) in [6.07, 6.45) is 7.78. The van der Waals surface area contributed by atoms with Gasteiger partial charge in [0, 0.05) is 18.9 Å². The minimum Gasteiger partial charge on any atom is -0.353 e. The summed E-state index contributed by atoms with van der Waals surface area (Å²) in [5.74, 6) is 1.36. The maximum absolute atomic E-state index is 12.3. The van der Waals surface area contributed by atoms with Crippen LogP contribution < -0.4 is 5.32 Å². The van der Waals surface area contributed by atoms with Crippen molar-refractivity contribution in [1.82, 2.24) is 10.3 Å². The first-order valence-corrected chi connectivity index (χ1v) is 10.5. The van der Waals surface area contributed by atoms with Gasteiger partial charge in [-0.25, -0.2) is 4.98 Å². The third-order valence-electron chi connectivity index (χ3n) is 5.43. The van der Waals surface area contributed by atoms with Crippen molar-refractivity contribution in [3.63, 3.8) is 0 Å². The van der Waals surface area contributed by atoms with Crippen LogP contribution in [0.1, 0.15) is 75.8 Å². The maximum Gasteiger partial charge on any atom is 0.220 e. The number of hydrogen-bond donors (Lipinski definition) is 1. The molecule has 1 amide bonds. The number of rotatable bonds is 6. The fraction of sp³-hybridized carbons (Fsp3) is 0.619. The van der Waals surface area contributed by atoms with Gasteiger partial charge in [0.1, 0.15) is 0 Å². The number of thiazole rings is 1. The highest BCUT2D eigenvalue weighted by atomic mass is 32.1. The molecule has 1 fully saturated rings. The molecule has 1 heterocycles. The lowest BCUT2D eigenvalue weighted by atomic mass is 9.84. The van der Waals surface area contributed by atoms with Gasteiger partial charge >= 0.3 is 0 Å². The van der Waals surface area contributed by atoms with Crippen LogP contribution in [0.25, 0.3) is 10.2 Å². The molecule has 1 aliphatic carbocycles. The molecule has 1 saturated carbocycles. The van der Waals surface area contributed by atoms with Crippen LogP contribution in [0.4, 0.5) is 0 Å². The number of carbonyl (C=O) groups is 1. The summed E-state index contributed by atoms with van der Waals surface area (Å²) < 4.78 is 1.23. The molecule has 1 aliphatic rings. The normalized spacial score (nSPS) is 17.1. The van der Waals surface area contributed by atoms with Crippen molar-refractivity contribution in [3.8, 4) is 0 Å². The number of fused-ring (bicyclic) bond motifs is 1. The van der Waals surface area contributed by atoms with Crippen molar-refractivity contribution in [2.45, 2.75) is 77.7 Å². The average molecular weight is 359 g/mol. The summed E-state index contributed by atoms with van der Waals surface area (Å²) in [5, 5.41) is 4.28. The van der Waals surface area contributed by atoms with E-state index in [9.17, 15) is 4.79 Å². The molecule has 0 saturated heterocycles. The Morgan fingerprint density at radius 3 is 2.72 bits per heavy atom. The largest absolute Gasteiger partial charge is 0.353 e. The van der Waals surface area contributed by atoms with E-state index in [1.54, 1.807) is 11.3 Å². The molecule has 3 nitrogen and oxygen atoms in total. The Morgan fingerprint density at radius 2 is 2.00 bits per heavy atom. The highest BCUT2D eigenvalue weighted by molar-refractivity contribution is 7.18. The molecule has 1 N–H and O–H groups in total. The summed E-state index contributed by atoms with van der Waals surface area (Å²) >= 11 is 1.73. The first-order valence-electron chi connectivity index (χ1n) is 9.71. The molecule has 0 aliphatic heterocycles. The maximum atomic E-state index is 12.3. The zero-order valence-corrected chi connectivity index (χ0v) is 16.5. The second kappa shape index (κ2) is 8.31. The predicted octanol–water partition coefficient (Wildman–Crippen LogP) is 5.44. The molecule has 3 rings (SSSR count). The van der Waals surface area contributed by atoms with Crippen molar-refractivity contribution in [2.75, 3.05) is 0 Å². The number of carbonyl (C=O) groups excluding carboxylic acids is 1. The Bertz CT molecular complexity index is 716. The van der Waals surface area contributed by atoms with Crippen LogP contribution in [0.3, 0.4) is 0 Å². The first-order chi connectivity index (χ1) is 12.0. The summed E-state index contributed by atoms with van der Waals surface area (Å²) in [4.78, 5) is 17.0. The second-order valence-electron chi connectivity index (χ2n) is 7.74. The monoisotopic (exact) mass is 358 g/mol. The summed E-state index contributed by atoms with van der Waals surface area (Å²) in [6, 6.07) is 6.81. The zero-order chi connectivity index (χ0) is 17.8. The SMILES string of the molecule is CC(C)c1ccc2nc(CCC(=O)NC(C)C3CCCCC3)sc2c1. The van der Waals surface area contributed by atoms with E-state index in [0.717, 1.165) is 16.9 Å². The highest BCUT2D eigenvalue weighted by Gasteiger charge is 2.21. The van der Waals surface area contributed by atoms with Gasteiger partial charge in [0.2, 0.25) is 5.91 Å². The Labute approximate surface area is 155 Å². The first kappa shape index (κ1) is 18.4. The molecule has 1 unspecified atom stereocenters. The van der Waals surface area contributed by atoms with Crippen molar-refractivity contribution in [3.05, 3.63) is 28.8 Å². The quantitative estimate of drug-likeness (QED) is 0.747. The predicted molar refractivity (Wildman–Crippen MR) is 106 cm³/mol. The van der Waals surface area contributed by atoms with Gasteiger partial charge in [-0.05, 0) is 49.3 Å². The van der Waals surface area contributed by atoms with E-state index in [1.165, 1.54) is 42.4 Å². The topological polar surface area (TPSA) is 42.0 Å². The van der Waals surface area contributed by atoms with Crippen molar-refractivity contribution in [1.29, 1.82) is 0 Å². The molecule has 1 atom stereocenters. The average Bonchev–Trinajstić information content (AvgIpc) is 3.02. The molecular formula is C21H30N2OS. The molecule has 0 spiro atoms. The number of aromatic nitrogens is 1. The summed E-state index contributed by atoms with van der Waals surface area (Å²) in [6.45, 7) is 6.58. The van der Waals surface area contributed by atoms with Crippen molar-refractivity contribution >= 4 is 27.5 Å². The van der Waals surface area contributed by atoms with Crippen LogP contribution in [-0.4, -0.2) is 16.9 Å². The van der Waals surface area contributed by atoms with Crippen LogP contribution in [0, 0.1) is 5.92 Å². The molecule has 2 aromatic rings. The van der Waals surface area contributed by atoms with Gasteiger partial charge in [0.05, 0.1) is 15.2 Å². The van der Waals surface area contributed by atoms with E-state index in [1.807, 2.05) is 0 Å². The summed E-state index contributed by atoms with van der Waals surface area (Å²) in [7, 11) is 0. The molecule has 1 aromatic carbocycles. The van der Waals surface area contributed by atoms with Gasteiger partial charge in [-0.2, -0.15) is 0 Å². The van der Waals surface area contributed by atoms with E-state index in [2.05, 4.69) is 44.3 Å². The zero-order valence-electron chi connectivity index (χ0n) is 15.7. The number of hydrogen-bond acceptors (Lipinski definition) is 3. The number of benzene rings is 1. The number of amides is 1. The fourth-order valence-corrected chi connectivity index (χ4v) is 4.77. The lowest BCUT2D eigenvalue weighted by molar-refractivity contribution is -0.122. The fourth-order valence-electron chi connectivity index (χ4n) is 3.75. The van der Waals surface area contributed by atoms with Gasteiger partial charge in [-0.1, -0.05) is 39.2 Å². The van der Waals surface area contributed by atoms with Gasteiger partial charge in [-0.15, -0.1) is 11.3 Å². The van der Waals surface area contributed by atoms with Crippen LogP contribution in [0.5, 0.6) is 0 Å². The molecule has 0 radical (unpaired) electrons. The summed E-state index contributed by atoms with van der Waals surface area (Å²) in [5.41, 5.74) is 2.40. The Morgan fingerprint density at radius 1 is 1.24 bits per heavy atom. The van der Waals surface area contributed by atoms with E-state index < -0.39 is 0 Å². The van der Waals surface area contributed by atoms with Gasteiger partial charge < -0.3 is 5.32 Å². The van der Waals surface area contributed by atoms with Gasteiger partial charge in [0.15, 0.2) is 0 Å². The van der Waals surface area contributed by atoms with Gasteiger partial charge in [-0.3, -0.25) is 4.79 Å². The number of nitrogens with zero attached hydrogens (tertiary/aromatic N) is 1. The Hall–Kier alpha value is -1.42. The van der Waals surface area contributed by atoms with Crippen LogP contribution in [0.15, 0.2) is 18.2 Å². The Balaban J connectivity index is 1.53.